The third-order valence-corrected chi connectivity index (χ3v) is 7.28. The second-order valence-electron chi connectivity index (χ2n) is 7.56. The van der Waals surface area contributed by atoms with Crippen LogP contribution in [0.4, 0.5) is 5.69 Å². The van der Waals surface area contributed by atoms with Gasteiger partial charge in [0.1, 0.15) is 5.82 Å². The quantitative estimate of drug-likeness (QED) is 0.660. The molecule has 3 aromatic rings. The van der Waals surface area contributed by atoms with Crippen LogP contribution in [0.5, 0.6) is 0 Å². The van der Waals surface area contributed by atoms with Crippen LogP contribution in [-0.4, -0.2) is 41.7 Å². The Balaban J connectivity index is 1.51. The van der Waals surface area contributed by atoms with Gasteiger partial charge in [0.2, 0.25) is 10.0 Å². The van der Waals surface area contributed by atoms with Gasteiger partial charge >= 0.3 is 0 Å². The maximum Gasteiger partial charge on any atom is 0.259 e. The van der Waals surface area contributed by atoms with Crippen LogP contribution in [0.3, 0.4) is 0 Å². The van der Waals surface area contributed by atoms with Gasteiger partial charge in [0.15, 0.2) is 0 Å². The molecule has 0 spiro atoms. The van der Waals surface area contributed by atoms with E-state index in [4.69, 9.17) is 0 Å². The summed E-state index contributed by atoms with van der Waals surface area (Å²) in [6.45, 7) is 2.57. The number of nitrogens with zero attached hydrogens (tertiary/aromatic N) is 3. The number of anilines is 1. The molecule has 0 aliphatic carbocycles. The summed E-state index contributed by atoms with van der Waals surface area (Å²) in [6, 6.07) is 17.7. The highest BCUT2D eigenvalue weighted by Gasteiger charge is 2.32. The van der Waals surface area contributed by atoms with Crippen molar-refractivity contribution >= 4 is 21.6 Å². The van der Waals surface area contributed by atoms with Crippen molar-refractivity contribution in [2.75, 3.05) is 18.4 Å². The zero-order chi connectivity index (χ0) is 21.8. The molecule has 7 nitrogen and oxygen atoms in total. The second kappa shape index (κ2) is 8.95. The van der Waals surface area contributed by atoms with Crippen molar-refractivity contribution in [1.82, 2.24) is 14.3 Å². The molecule has 1 atom stereocenters. The molecule has 1 fully saturated rings. The van der Waals surface area contributed by atoms with E-state index in [1.54, 1.807) is 37.3 Å². The summed E-state index contributed by atoms with van der Waals surface area (Å²) in [4.78, 5) is 21.9. The van der Waals surface area contributed by atoms with Gasteiger partial charge in [-0.05, 0) is 44.0 Å². The summed E-state index contributed by atoms with van der Waals surface area (Å²) in [5, 5.41) is 2.84. The molecule has 1 N–H and O–H groups in total. The summed E-state index contributed by atoms with van der Waals surface area (Å²) in [7, 11) is -3.56. The molecule has 1 unspecified atom stereocenters. The molecule has 1 aromatic heterocycles. The van der Waals surface area contributed by atoms with Crippen molar-refractivity contribution in [3.8, 4) is 0 Å². The summed E-state index contributed by atoms with van der Waals surface area (Å²) in [6.07, 6.45) is 3.06. The first kappa shape index (κ1) is 21.1. The SMILES string of the molecule is Cc1nc(C2CCCN(S(=O)(=O)c3ccccc3)C2)ncc1C(=O)Nc1ccccc1. The normalized spacial score (nSPS) is 17.3. The molecule has 0 bridgehead atoms. The third kappa shape index (κ3) is 4.65. The zero-order valence-electron chi connectivity index (χ0n) is 17.2. The fourth-order valence-corrected chi connectivity index (χ4v) is 5.28. The molecule has 1 saturated heterocycles. The average molecular weight is 437 g/mol. The minimum Gasteiger partial charge on any atom is -0.322 e. The highest BCUT2D eigenvalue weighted by Crippen LogP contribution is 2.29. The Kier molecular flexibility index (Phi) is 6.11. The average Bonchev–Trinajstić information content (AvgIpc) is 2.80. The van der Waals surface area contributed by atoms with Crippen LogP contribution in [0.15, 0.2) is 71.8 Å². The van der Waals surface area contributed by atoms with Crippen molar-refractivity contribution < 1.29 is 13.2 Å². The smallest absolute Gasteiger partial charge is 0.259 e. The largest absolute Gasteiger partial charge is 0.322 e. The van der Waals surface area contributed by atoms with E-state index in [2.05, 4.69) is 15.3 Å². The molecular formula is C23H24N4O3S. The van der Waals surface area contributed by atoms with Crippen LogP contribution in [0.25, 0.3) is 0 Å². The summed E-state index contributed by atoms with van der Waals surface area (Å²) >= 11 is 0. The summed E-state index contributed by atoms with van der Waals surface area (Å²) < 4.78 is 27.5. The molecule has 4 rings (SSSR count). The lowest BCUT2D eigenvalue weighted by Gasteiger charge is -2.31. The van der Waals surface area contributed by atoms with Crippen LogP contribution in [0.2, 0.25) is 0 Å². The van der Waals surface area contributed by atoms with Crippen molar-refractivity contribution in [1.29, 1.82) is 0 Å². The predicted molar refractivity (Wildman–Crippen MR) is 118 cm³/mol. The Morgan fingerprint density at radius 3 is 2.42 bits per heavy atom. The number of nitrogens with one attached hydrogen (secondary N) is 1. The van der Waals surface area contributed by atoms with Gasteiger partial charge in [-0.25, -0.2) is 18.4 Å². The van der Waals surface area contributed by atoms with E-state index in [0.717, 1.165) is 12.8 Å². The Hall–Kier alpha value is -3.10. The van der Waals surface area contributed by atoms with Crippen LogP contribution in [0, 0.1) is 6.92 Å². The number of hydrogen-bond acceptors (Lipinski definition) is 5. The molecule has 160 valence electrons. The number of benzene rings is 2. The lowest BCUT2D eigenvalue weighted by Crippen LogP contribution is -2.39. The highest BCUT2D eigenvalue weighted by atomic mass is 32.2. The molecule has 0 saturated carbocycles. The molecular weight excluding hydrogens is 412 g/mol. The maximum atomic E-state index is 13.0. The molecule has 2 aromatic carbocycles. The Morgan fingerprint density at radius 2 is 1.74 bits per heavy atom. The van der Waals surface area contributed by atoms with E-state index in [1.807, 2.05) is 30.3 Å². The van der Waals surface area contributed by atoms with Gasteiger partial charge in [-0.15, -0.1) is 0 Å². The molecule has 1 amide bonds. The molecule has 0 radical (unpaired) electrons. The molecule has 2 heterocycles. The monoisotopic (exact) mass is 436 g/mol. The summed E-state index contributed by atoms with van der Waals surface area (Å²) in [5.74, 6) is 0.186. The number of aromatic nitrogens is 2. The Labute approximate surface area is 182 Å². The number of hydrogen-bond donors (Lipinski definition) is 1. The fourth-order valence-electron chi connectivity index (χ4n) is 3.74. The van der Waals surface area contributed by atoms with E-state index in [-0.39, 0.29) is 11.8 Å². The van der Waals surface area contributed by atoms with Gasteiger partial charge in [0, 0.05) is 30.9 Å². The Morgan fingerprint density at radius 1 is 1.06 bits per heavy atom. The zero-order valence-corrected chi connectivity index (χ0v) is 18.0. The number of rotatable bonds is 5. The van der Waals surface area contributed by atoms with Crippen LogP contribution in [0.1, 0.15) is 40.6 Å². The molecule has 8 heteroatoms. The number of carbonyl (C=O) groups excluding carboxylic acids is 1. The van der Waals surface area contributed by atoms with E-state index in [1.165, 1.54) is 10.5 Å². The number of piperidine rings is 1. The van der Waals surface area contributed by atoms with Crippen molar-refractivity contribution in [2.45, 2.75) is 30.6 Å². The van der Waals surface area contributed by atoms with Crippen LogP contribution in [-0.2, 0) is 10.0 Å². The minimum absolute atomic E-state index is 0.114. The molecule has 1 aliphatic rings. The lowest BCUT2D eigenvalue weighted by molar-refractivity contribution is 0.102. The van der Waals surface area contributed by atoms with Gasteiger partial charge in [-0.3, -0.25) is 4.79 Å². The second-order valence-corrected chi connectivity index (χ2v) is 9.50. The standard InChI is InChI=1S/C23H24N4O3S/c1-17-21(23(28)26-19-10-4-2-5-11-19)15-24-22(25-17)18-9-8-14-27(16-18)31(29,30)20-12-6-3-7-13-20/h2-7,10-13,15,18H,8-9,14,16H2,1H3,(H,26,28). The van der Waals surface area contributed by atoms with Gasteiger partial charge < -0.3 is 5.32 Å². The summed E-state index contributed by atoms with van der Waals surface area (Å²) in [5.41, 5.74) is 1.67. The molecule has 1 aliphatic heterocycles. The first-order valence-electron chi connectivity index (χ1n) is 10.2. The topological polar surface area (TPSA) is 92.3 Å². The maximum absolute atomic E-state index is 13.0. The number of sulfonamides is 1. The predicted octanol–water partition coefficient (Wildman–Crippen LogP) is 3.61. The van der Waals surface area contributed by atoms with Crippen LogP contribution < -0.4 is 5.32 Å². The first-order chi connectivity index (χ1) is 14.9. The lowest BCUT2D eigenvalue weighted by atomic mass is 9.98. The van der Waals surface area contributed by atoms with Gasteiger partial charge in [0.25, 0.3) is 5.91 Å². The van der Waals surface area contributed by atoms with Crippen LogP contribution >= 0.6 is 0 Å². The van der Waals surface area contributed by atoms with Gasteiger partial charge in [0.05, 0.1) is 16.2 Å². The Bertz CT molecular complexity index is 1170. The van der Waals surface area contributed by atoms with Gasteiger partial charge in [-0.1, -0.05) is 36.4 Å². The van der Waals surface area contributed by atoms with E-state index in [9.17, 15) is 13.2 Å². The van der Waals surface area contributed by atoms with E-state index >= 15 is 0 Å². The van der Waals surface area contributed by atoms with E-state index in [0.29, 0.717) is 40.8 Å². The number of para-hydroxylation sites is 1. The highest BCUT2D eigenvalue weighted by molar-refractivity contribution is 7.89. The number of aryl methyl sites for hydroxylation is 1. The van der Waals surface area contributed by atoms with Crippen molar-refractivity contribution in [3.05, 3.63) is 83.9 Å². The van der Waals surface area contributed by atoms with Crippen molar-refractivity contribution in [2.24, 2.45) is 0 Å². The minimum atomic E-state index is -3.56. The van der Waals surface area contributed by atoms with E-state index < -0.39 is 10.0 Å². The van der Waals surface area contributed by atoms with Crippen molar-refractivity contribution in [3.63, 3.8) is 0 Å². The first-order valence-corrected chi connectivity index (χ1v) is 11.6. The van der Waals surface area contributed by atoms with Gasteiger partial charge in [-0.2, -0.15) is 4.31 Å². The molecule has 31 heavy (non-hydrogen) atoms. The number of amides is 1. The third-order valence-electron chi connectivity index (χ3n) is 5.40. The number of carbonyl (C=O) groups is 1. The fraction of sp³-hybridized carbons (Fsp3) is 0.261.